The third kappa shape index (κ3) is 3.35. The molecule has 0 amide bonds. The van der Waals surface area contributed by atoms with Crippen LogP contribution in [0.15, 0.2) is 6.33 Å². The van der Waals surface area contributed by atoms with Crippen LogP contribution in [0.2, 0.25) is 5.15 Å². The molecular weight excluding hydrogens is 246 g/mol. The average Bonchev–Trinajstić information content (AvgIpc) is 2.76. The van der Waals surface area contributed by atoms with Crippen molar-refractivity contribution in [1.29, 1.82) is 0 Å². The highest BCUT2D eigenvalue weighted by atomic mass is 35.5. The summed E-state index contributed by atoms with van der Waals surface area (Å²) in [7, 11) is 0. The number of halogens is 1. The molecule has 1 aromatic heterocycles. The molecule has 0 aromatic carbocycles. The maximum Gasteiger partial charge on any atom is 0.137 e. The third-order valence-electron chi connectivity index (χ3n) is 3.75. The van der Waals surface area contributed by atoms with Gasteiger partial charge >= 0.3 is 0 Å². The lowest BCUT2D eigenvalue weighted by Crippen LogP contribution is -2.14. The molecule has 0 saturated heterocycles. The first-order valence-corrected chi connectivity index (χ1v) is 7.31. The second-order valence-electron chi connectivity index (χ2n) is 5.41. The summed E-state index contributed by atoms with van der Waals surface area (Å²) < 4.78 is 0. The fraction of sp³-hybridized carbons (Fsp3) is 0.714. The van der Waals surface area contributed by atoms with Crippen LogP contribution in [0.25, 0.3) is 0 Å². The Balaban J connectivity index is 1.98. The lowest BCUT2D eigenvalue weighted by atomic mass is 10.1. The van der Waals surface area contributed by atoms with Gasteiger partial charge in [0.05, 0.1) is 0 Å². The van der Waals surface area contributed by atoms with Gasteiger partial charge in [-0.15, -0.1) is 0 Å². The van der Waals surface area contributed by atoms with E-state index < -0.39 is 0 Å². The average molecular weight is 268 g/mol. The van der Waals surface area contributed by atoms with Crippen LogP contribution >= 0.6 is 11.6 Å². The molecule has 1 heterocycles. The van der Waals surface area contributed by atoms with Gasteiger partial charge in [-0.1, -0.05) is 38.3 Å². The Kier molecular flexibility index (Phi) is 4.81. The molecule has 0 radical (unpaired) electrons. The Bertz CT molecular complexity index is 395. The minimum absolute atomic E-state index is 0.592. The van der Waals surface area contributed by atoms with Crippen LogP contribution in [-0.2, 0) is 6.42 Å². The van der Waals surface area contributed by atoms with Gasteiger partial charge in [0.25, 0.3) is 0 Å². The van der Waals surface area contributed by atoms with Crippen molar-refractivity contribution < 1.29 is 0 Å². The summed E-state index contributed by atoms with van der Waals surface area (Å²) in [4.78, 5) is 8.40. The van der Waals surface area contributed by atoms with Crippen molar-refractivity contribution in [3.05, 3.63) is 17.0 Å². The Morgan fingerprint density at radius 3 is 2.89 bits per heavy atom. The topological polar surface area (TPSA) is 37.8 Å². The molecule has 1 aliphatic rings. The number of nitrogens with zero attached hydrogens (tertiary/aromatic N) is 2. The summed E-state index contributed by atoms with van der Waals surface area (Å²) in [5, 5.41) is 4.06. The molecule has 0 aliphatic heterocycles. The largest absolute Gasteiger partial charge is 0.369 e. The predicted octanol–water partition coefficient (Wildman–Crippen LogP) is 3.93. The minimum atomic E-state index is 0.592. The van der Waals surface area contributed by atoms with E-state index in [1.165, 1.54) is 19.3 Å². The molecule has 1 aliphatic carbocycles. The second-order valence-corrected chi connectivity index (χ2v) is 5.76. The van der Waals surface area contributed by atoms with Gasteiger partial charge in [0.1, 0.15) is 17.3 Å². The maximum atomic E-state index is 6.14. The standard InChI is InChI=1S/C14H22ClN3/c1-3-4-12-13(15)17-9-18-14(12)16-8-11-6-5-10(2)7-11/h9-11H,3-8H2,1-2H3,(H,16,17,18). The van der Waals surface area contributed by atoms with Crippen molar-refractivity contribution >= 4 is 17.4 Å². The zero-order valence-corrected chi connectivity index (χ0v) is 12.0. The summed E-state index contributed by atoms with van der Waals surface area (Å²) >= 11 is 6.14. The predicted molar refractivity (Wildman–Crippen MR) is 76.0 cm³/mol. The summed E-state index contributed by atoms with van der Waals surface area (Å²) in [6.07, 6.45) is 7.55. The Hall–Kier alpha value is -0.830. The molecule has 4 heteroatoms. The van der Waals surface area contributed by atoms with E-state index in [0.717, 1.165) is 42.6 Å². The quantitative estimate of drug-likeness (QED) is 0.822. The number of nitrogens with one attached hydrogen (secondary N) is 1. The van der Waals surface area contributed by atoms with Crippen LogP contribution in [0, 0.1) is 11.8 Å². The highest BCUT2D eigenvalue weighted by molar-refractivity contribution is 6.30. The van der Waals surface area contributed by atoms with E-state index in [-0.39, 0.29) is 0 Å². The number of anilines is 1. The van der Waals surface area contributed by atoms with Crippen LogP contribution in [-0.4, -0.2) is 16.5 Å². The molecule has 18 heavy (non-hydrogen) atoms. The first-order chi connectivity index (χ1) is 8.70. The van der Waals surface area contributed by atoms with Gasteiger partial charge in [-0.2, -0.15) is 0 Å². The lowest BCUT2D eigenvalue weighted by molar-refractivity contribution is 0.536. The van der Waals surface area contributed by atoms with E-state index in [0.29, 0.717) is 5.15 Å². The normalized spacial score (nSPS) is 23.3. The van der Waals surface area contributed by atoms with Gasteiger partial charge in [-0.25, -0.2) is 9.97 Å². The number of hydrogen-bond donors (Lipinski definition) is 1. The van der Waals surface area contributed by atoms with Crippen LogP contribution in [0.4, 0.5) is 5.82 Å². The summed E-state index contributed by atoms with van der Waals surface area (Å²) in [6, 6.07) is 0. The van der Waals surface area contributed by atoms with Crippen LogP contribution < -0.4 is 5.32 Å². The Labute approximate surface area is 114 Å². The molecular formula is C14H22ClN3. The fourth-order valence-corrected chi connectivity index (χ4v) is 2.99. The van der Waals surface area contributed by atoms with Crippen molar-refractivity contribution in [3.8, 4) is 0 Å². The van der Waals surface area contributed by atoms with Gasteiger partial charge in [0.15, 0.2) is 0 Å². The van der Waals surface area contributed by atoms with Crippen LogP contribution in [0.5, 0.6) is 0 Å². The Morgan fingerprint density at radius 1 is 1.39 bits per heavy atom. The molecule has 1 fully saturated rings. The fourth-order valence-electron chi connectivity index (χ4n) is 2.77. The molecule has 1 saturated carbocycles. The first kappa shape index (κ1) is 13.6. The minimum Gasteiger partial charge on any atom is -0.369 e. The zero-order valence-electron chi connectivity index (χ0n) is 11.2. The van der Waals surface area contributed by atoms with E-state index in [4.69, 9.17) is 11.6 Å². The SMILES string of the molecule is CCCc1c(Cl)ncnc1NCC1CCC(C)C1. The number of aromatic nitrogens is 2. The van der Waals surface area contributed by atoms with Crippen molar-refractivity contribution in [2.45, 2.75) is 46.0 Å². The van der Waals surface area contributed by atoms with E-state index in [1.54, 1.807) is 6.33 Å². The van der Waals surface area contributed by atoms with E-state index in [2.05, 4.69) is 29.1 Å². The van der Waals surface area contributed by atoms with Gasteiger partial charge in [-0.3, -0.25) is 0 Å². The molecule has 1 N–H and O–H groups in total. The van der Waals surface area contributed by atoms with Gasteiger partial charge in [0.2, 0.25) is 0 Å². The van der Waals surface area contributed by atoms with Crippen molar-refractivity contribution in [2.24, 2.45) is 11.8 Å². The monoisotopic (exact) mass is 267 g/mol. The molecule has 0 bridgehead atoms. The van der Waals surface area contributed by atoms with Crippen LogP contribution in [0.3, 0.4) is 0 Å². The van der Waals surface area contributed by atoms with Crippen molar-refractivity contribution in [3.63, 3.8) is 0 Å². The lowest BCUT2D eigenvalue weighted by Gasteiger charge is -2.14. The summed E-state index contributed by atoms with van der Waals surface area (Å²) in [5.74, 6) is 2.58. The Morgan fingerprint density at radius 2 is 2.22 bits per heavy atom. The molecule has 2 rings (SSSR count). The second kappa shape index (κ2) is 6.37. The molecule has 3 nitrogen and oxygen atoms in total. The van der Waals surface area contributed by atoms with E-state index >= 15 is 0 Å². The molecule has 2 unspecified atom stereocenters. The summed E-state index contributed by atoms with van der Waals surface area (Å²) in [6.45, 7) is 5.49. The maximum absolute atomic E-state index is 6.14. The van der Waals surface area contributed by atoms with Crippen LogP contribution in [0.1, 0.15) is 45.1 Å². The van der Waals surface area contributed by atoms with Gasteiger partial charge in [0, 0.05) is 12.1 Å². The molecule has 100 valence electrons. The van der Waals surface area contributed by atoms with E-state index in [9.17, 15) is 0 Å². The highest BCUT2D eigenvalue weighted by Gasteiger charge is 2.21. The smallest absolute Gasteiger partial charge is 0.137 e. The molecule has 1 aromatic rings. The number of hydrogen-bond acceptors (Lipinski definition) is 3. The number of rotatable bonds is 5. The third-order valence-corrected chi connectivity index (χ3v) is 4.08. The van der Waals surface area contributed by atoms with Crippen molar-refractivity contribution in [1.82, 2.24) is 9.97 Å². The van der Waals surface area contributed by atoms with E-state index in [1.807, 2.05) is 0 Å². The van der Waals surface area contributed by atoms with Crippen molar-refractivity contribution in [2.75, 3.05) is 11.9 Å². The molecule has 2 atom stereocenters. The first-order valence-electron chi connectivity index (χ1n) is 6.94. The molecule has 0 spiro atoms. The summed E-state index contributed by atoms with van der Waals surface area (Å²) in [5.41, 5.74) is 1.06. The zero-order chi connectivity index (χ0) is 13.0. The van der Waals surface area contributed by atoms with Gasteiger partial charge < -0.3 is 5.32 Å². The van der Waals surface area contributed by atoms with Gasteiger partial charge in [-0.05, 0) is 31.1 Å². The highest BCUT2D eigenvalue weighted by Crippen LogP contribution is 2.31.